The number of hydrogen-bond donors (Lipinski definition) is 1. The van der Waals surface area contributed by atoms with Gasteiger partial charge in [-0.15, -0.1) is 5.10 Å². The number of fused-ring (bicyclic) bond motifs is 1. The van der Waals surface area contributed by atoms with Crippen LogP contribution in [0.1, 0.15) is 5.56 Å². The average molecular weight is 313 g/mol. The monoisotopic (exact) mass is 313 g/mol. The quantitative estimate of drug-likeness (QED) is 0.445. The van der Waals surface area contributed by atoms with Gasteiger partial charge in [0, 0.05) is 18.7 Å². The zero-order chi connectivity index (χ0) is 16.2. The van der Waals surface area contributed by atoms with Gasteiger partial charge in [-0.05, 0) is 22.9 Å². The van der Waals surface area contributed by atoms with Crippen molar-refractivity contribution in [2.45, 2.75) is 6.54 Å². The summed E-state index contributed by atoms with van der Waals surface area (Å²) in [5.74, 6) is 0. The number of non-ortho nitro benzene ring substituents is 1. The third-order valence-electron chi connectivity index (χ3n) is 3.07. The number of hydrogen-bond acceptors (Lipinski definition) is 6. The van der Waals surface area contributed by atoms with Crippen molar-refractivity contribution in [1.82, 2.24) is 20.5 Å². The topological polar surface area (TPSA) is 112 Å². The molecule has 0 atom stereocenters. The molecule has 9 heteroatoms. The zero-order valence-electron chi connectivity index (χ0n) is 11.7. The smallest absolute Gasteiger partial charge is 0.316 e. The van der Waals surface area contributed by atoms with E-state index in [4.69, 9.17) is 4.84 Å². The van der Waals surface area contributed by atoms with Crippen molar-refractivity contribution in [3.63, 3.8) is 0 Å². The highest BCUT2D eigenvalue weighted by Gasteiger charge is 2.10. The number of nitrogens with zero attached hydrogens (tertiary/aromatic N) is 4. The van der Waals surface area contributed by atoms with Gasteiger partial charge in [-0.2, -0.15) is 0 Å². The molecule has 9 nitrogen and oxygen atoms in total. The van der Waals surface area contributed by atoms with Gasteiger partial charge in [0.25, 0.3) is 5.69 Å². The SMILES string of the molecule is O=C(NCc1ccc([N+](=O)[O-])cc1)On1nnc2ccccc21. The number of carbonyl (C=O) groups is 1. The average Bonchev–Trinajstić information content (AvgIpc) is 2.96. The molecule has 23 heavy (non-hydrogen) atoms. The molecule has 0 aliphatic rings. The molecule has 0 saturated heterocycles. The van der Waals surface area contributed by atoms with Gasteiger partial charge in [0.1, 0.15) is 11.0 Å². The maximum Gasteiger partial charge on any atom is 0.433 e. The van der Waals surface area contributed by atoms with Crippen LogP contribution in [0, 0.1) is 10.1 Å². The molecule has 0 aliphatic heterocycles. The highest BCUT2D eigenvalue weighted by atomic mass is 16.7. The van der Waals surface area contributed by atoms with Crippen LogP contribution in [0.25, 0.3) is 11.0 Å². The van der Waals surface area contributed by atoms with Crippen LogP contribution in [0.2, 0.25) is 0 Å². The molecule has 0 aliphatic carbocycles. The van der Waals surface area contributed by atoms with Crippen LogP contribution in [-0.2, 0) is 6.54 Å². The Kier molecular flexibility index (Phi) is 3.83. The summed E-state index contributed by atoms with van der Waals surface area (Å²) in [7, 11) is 0. The van der Waals surface area contributed by atoms with E-state index in [1.807, 2.05) is 0 Å². The molecule has 0 bridgehead atoms. The van der Waals surface area contributed by atoms with Crippen LogP contribution >= 0.6 is 0 Å². The molecule has 0 saturated carbocycles. The summed E-state index contributed by atoms with van der Waals surface area (Å²) in [6.45, 7) is 0.170. The zero-order valence-corrected chi connectivity index (χ0v) is 11.7. The van der Waals surface area contributed by atoms with E-state index in [1.54, 1.807) is 36.4 Å². The summed E-state index contributed by atoms with van der Waals surface area (Å²) < 4.78 is 0. The van der Waals surface area contributed by atoms with Gasteiger partial charge in [0.2, 0.25) is 0 Å². The molecular formula is C14H11N5O4. The summed E-state index contributed by atoms with van der Waals surface area (Å²) in [6.07, 6.45) is -0.709. The van der Waals surface area contributed by atoms with Crippen molar-refractivity contribution in [3.05, 3.63) is 64.2 Å². The Balaban J connectivity index is 1.60. The molecule has 116 valence electrons. The van der Waals surface area contributed by atoms with Gasteiger partial charge in [-0.25, -0.2) is 4.79 Å². The Labute approximate surface area is 129 Å². The molecular weight excluding hydrogens is 302 g/mol. The van der Waals surface area contributed by atoms with E-state index in [0.717, 1.165) is 4.85 Å². The minimum Gasteiger partial charge on any atom is -0.316 e. The standard InChI is InChI=1S/C14H11N5O4/c20-14(15-9-10-5-7-11(8-6-10)19(21)22)23-18-13-4-2-1-3-12(13)16-17-18/h1-8H,9H2,(H,15,20). The van der Waals surface area contributed by atoms with Crippen molar-refractivity contribution >= 4 is 22.8 Å². The van der Waals surface area contributed by atoms with Gasteiger partial charge < -0.3 is 5.32 Å². The second-order valence-electron chi connectivity index (χ2n) is 4.61. The molecule has 0 spiro atoms. The van der Waals surface area contributed by atoms with Crippen LogP contribution in [0.5, 0.6) is 0 Å². The molecule has 1 N–H and O–H groups in total. The predicted molar refractivity (Wildman–Crippen MR) is 79.4 cm³/mol. The number of nitro benzene ring substituents is 1. The summed E-state index contributed by atoms with van der Waals surface area (Å²) in [6, 6.07) is 12.9. The minimum atomic E-state index is -0.709. The Hall–Kier alpha value is -3.49. The molecule has 1 aromatic heterocycles. The minimum absolute atomic E-state index is 0.00888. The normalized spacial score (nSPS) is 10.4. The second-order valence-corrected chi connectivity index (χ2v) is 4.61. The molecule has 2 aromatic carbocycles. The Morgan fingerprint density at radius 1 is 1.22 bits per heavy atom. The molecule has 0 radical (unpaired) electrons. The third-order valence-corrected chi connectivity index (χ3v) is 3.07. The number of amides is 1. The summed E-state index contributed by atoms with van der Waals surface area (Å²) in [5.41, 5.74) is 1.87. The number of nitro groups is 1. The van der Waals surface area contributed by atoms with Gasteiger partial charge in [-0.1, -0.05) is 29.1 Å². The third kappa shape index (κ3) is 3.23. The van der Waals surface area contributed by atoms with Gasteiger partial charge >= 0.3 is 6.09 Å². The molecule has 0 fully saturated rings. The van der Waals surface area contributed by atoms with Gasteiger partial charge in [0.05, 0.1) is 4.92 Å². The van der Waals surface area contributed by atoms with Crippen LogP contribution in [0.15, 0.2) is 48.5 Å². The van der Waals surface area contributed by atoms with Crippen LogP contribution in [0.3, 0.4) is 0 Å². The summed E-state index contributed by atoms with van der Waals surface area (Å²) in [5, 5.41) is 20.7. The number of nitrogens with one attached hydrogen (secondary N) is 1. The Morgan fingerprint density at radius 2 is 1.96 bits per heavy atom. The Morgan fingerprint density at radius 3 is 2.70 bits per heavy atom. The summed E-state index contributed by atoms with van der Waals surface area (Å²) >= 11 is 0. The fourth-order valence-electron chi connectivity index (χ4n) is 1.94. The number of rotatable bonds is 4. The van der Waals surface area contributed by atoms with Gasteiger partial charge in [-0.3, -0.25) is 15.0 Å². The van der Waals surface area contributed by atoms with Crippen LogP contribution in [-0.4, -0.2) is 26.2 Å². The predicted octanol–water partition coefficient (Wildman–Crippen LogP) is 1.68. The summed E-state index contributed by atoms with van der Waals surface area (Å²) in [4.78, 5) is 27.9. The van der Waals surface area contributed by atoms with Crippen molar-refractivity contribution in [2.24, 2.45) is 0 Å². The van der Waals surface area contributed by atoms with E-state index in [-0.39, 0.29) is 12.2 Å². The Bertz CT molecular complexity index is 859. The second kappa shape index (κ2) is 6.10. The number of carbonyl (C=O) groups excluding carboxylic acids is 1. The first-order chi connectivity index (χ1) is 11.1. The number of benzene rings is 2. The van der Waals surface area contributed by atoms with Crippen molar-refractivity contribution in [2.75, 3.05) is 0 Å². The first-order valence-electron chi connectivity index (χ1n) is 6.63. The van der Waals surface area contributed by atoms with E-state index < -0.39 is 11.0 Å². The molecule has 1 amide bonds. The van der Waals surface area contributed by atoms with E-state index in [2.05, 4.69) is 15.6 Å². The highest BCUT2D eigenvalue weighted by molar-refractivity contribution is 5.75. The van der Waals surface area contributed by atoms with Crippen molar-refractivity contribution < 1.29 is 14.6 Å². The molecule has 1 heterocycles. The molecule has 3 aromatic rings. The number of para-hydroxylation sites is 1. The van der Waals surface area contributed by atoms with E-state index in [9.17, 15) is 14.9 Å². The fourth-order valence-corrected chi connectivity index (χ4v) is 1.94. The van der Waals surface area contributed by atoms with Crippen molar-refractivity contribution in [1.29, 1.82) is 0 Å². The maximum absolute atomic E-state index is 11.8. The fraction of sp³-hybridized carbons (Fsp3) is 0.0714. The van der Waals surface area contributed by atoms with Crippen LogP contribution in [0.4, 0.5) is 10.5 Å². The maximum atomic E-state index is 11.8. The van der Waals surface area contributed by atoms with Crippen LogP contribution < -0.4 is 10.2 Å². The molecule has 3 rings (SSSR count). The first kappa shape index (κ1) is 14.4. The van der Waals surface area contributed by atoms with E-state index in [0.29, 0.717) is 16.6 Å². The largest absolute Gasteiger partial charge is 0.433 e. The van der Waals surface area contributed by atoms with Crippen molar-refractivity contribution in [3.8, 4) is 0 Å². The lowest BCUT2D eigenvalue weighted by molar-refractivity contribution is -0.384. The highest BCUT2D eigenvalue weighted by Crippen LogP contribution is 2.11. The first-order valence-corrected chi connectivity index (χ1v) is 6.63. The van der Waals surface area contributed by atoms with Gasteiger partial charge in [0.15, 0.2) is 0 Å². The number of aromatic nitrogens is 3. The molecule has 0 unspecified atom stereocenters. The lowest BCUT2D eigenvalue weighted by Crippen LogP contribution is -2.32. The lowest BCUT2D eigenvalue weighted by Gasteiger charge is -2.05. The van der Waals surface area contributed by atoms with E-state index in [1.165, 1.54) is 12.1 Å². The van der Waals surface area contributed by atoms with E-state index >= 15 is 0 Å². The lowest BCUT2D eigenvalue weighted by atomic mass is 10.2.